The van der Waals surface area contributed by atoms with E-state index in [2.05, 4.69) is 25.0 Å². The molecule has 3 rings (SSSR count). The van der Waals surface area contributed by atoms with Gasteiger partial charge in [-0.15, -0.1) is 11.3 Å². The molecule has 0 bridgehead atoms. The van der Waals surface area contributed by atoms with Crippen molar-refractivity contribution in [2.75, 3.05) is 10.0 Å². The van der Waals surface area contributed by atoms with Crippen molar-refractivity contribution in [1.29, 1.82) is 0 Å². The van der Waals surface area contributed by atoms with E-state index in [0.29, 0.717) is 23.8 Å². The Labute approximate surface area is 162 Å². The van der Waals surface area contributed by atoms with Crippen LogP contribution in [0.15, 0.2) is 35.7 Å². The summed E-state index contributed by atoms with van der Waals surface area (Å²) in [6, 6.07) is 8.40. The Morgan fingerprint density at radius 2 is 1.89 bits per heavy atom. The lowest BCUT2D eigenvalue weighted by atomic mass is 10.0. The van der Waals surface area contributed by atoms with E-state index in [1.54, 1.807) is 30.4 Å². The van der Waals surface area contributed by atoms with Gasteiger partial charge in [-0.3, -0.25) is 4.72 Å². The summed E-state index contributed by atoms with van der Waals surface area (Å²) in [7, 11) is -2.69. The SMILES string of the molecule is Cc1cc(O)nc(N[C@@H](Cc2ccc(N[SH](=O)=O)cc2)c2csc(C)n2)n1. The molecule has 0 aliphatic rings. The summed E-state index contributed by atoms with van der Waals surface area (Å²) in [4.78, 5) is 12.9. The third-order valence-electron chi connectivity index (χ3n) is 3.75. The Balaban J connectivity index is 1.84. The van der Waals surface area contributed by atoms with E-state index in [1.807, 2.05) is 24.4 Å². The van der Waals surface area contributed by atoms with Gasteiger partial charge in [0.25, 0.3) is 0 Å². The zero-order valence-electron chi connectivity index (χ0n) is 14.7. The molecule has 3 aromatic rings. The molecule has 2 aromatic heterocycles. The van der Waals surface area contributed by atoms with Crippen molar-refractivity contribution in [1.82, 2.24) is 15.0 Å². The first kappa shape index (κ1) is 19.1. The van der Waals surface area contributed by atoms with Crippen LogP contribution in [0, 0.1) is 13.8 Å². The molecule has 0 unspecified atom stereocenters. The van der Waals surface area contributed by atoms with E-state index in [4.69, 9.17) is 0 Å². The molecular formula is C17H19N5O3S2. The van der Waals surface area contributed by atoms with E-state index in [9.17, 15) is 13.5 Å². The van der Waals surface area contributed by atoms with Gasteiger partial charge in [-0.1, -0.05) is 12.1 Å². The summed E-state index contributed by atoms with van der Waals surface area (Å²) < 4.78 is 23.9. The smallest absolute Gasteiger partial charge is 0.226 e. The van der Waals surface area contributed by atoms with Gasteiger partial charge in [-0.2, -0.15) is 4.98 Å². The van der Waals surface area contributed by atoms with Crippen LogP contribution in [0.5, 0.6) is 5.88 Å². The van der Waals surface area contributed by atoms with Crippen molar-refractivity contribution in [2.45, 2.75) is 26.3 Å². The second-order valence-electron chi connectivity index (χ2n) is 5.95. The van der Waals surface area contributed by atoms with Gasteiger partial charge in [-0.05, 0) is 38.0 Å². The normalized spacial score (nSPS) is 12.1. The average Bonchev–Trinajstić information content (AvgIpc) is 3.01. The summed E-state index contributed by atoms with van der Waals surface area (Å²) in [5, 5.41) is 15.9. The fourth-order valence-electron chi connectivity index (χ4n) is 2.60. The number of hydrogen-bond donors (Lipinski definition) is 4. The predicted molar refractivity (Wildman–Crippen MR) is 106 cm³/mol. The maximum atomic E-state index is 10.8. The highest BCUT2D eigenvalue weighted by molar-refractivity contribution is 7.73. The van der Waals surface area contributed by atoms with Gasteiger partial charge in [0.1, 0.15) is 0 Å². The number of aryl methyl sites for hydroxylation is 2. The van der Waals surface area contributed by atoms with Gasteiger partial charge in [0.15, 0.2) is 0 Å². The lowest BCUT2D eigenvalue weighted by molar-refractivity contribution is 0.451. The molecule has 0 saturated carbocycles. The lowest BCUT2D eigenvalue weighted by Gasteiger charge is -2.17. The molecule has 0 amide bonds. The molecule has 2 heterocycles. The molecule has 0 saturated heterocycles. The summed E-state index contributed by atoms with van der Waals surface area (Å²) >= 11 is 1.55. The Morgan fingerprint density at radius 1 is 1.15 bits per heavy atom. The monoisotopic (exact) mass is 405 g/mol. The predicted octanol–water partition coefficient (Wildman–Crippen LogP) is 2.59. The van der Waals surface area contributed by atoms with Gasteiger partial charge in [0.2, 0.25) is 22.7 Å². The minimum atomic E-state index is -2.69. The minimum Gasteiger partial charge on any atom is -0.493 e. The fraction of sp³-hybridized carbons (Fsp3) is 0.235. The highest BCUT2D eigenvalue weighted by Gasteiger charge is 2.17. The number of thiol groups is 1. The Bertz CT molecular complexity index is 974. The zero-order valence-corrected chi connectivity index (χ0v) is 16.4. The van der Waals surface area contributed by atoms with E-state index in [1.165, 1.54) is 6.07 Å². The van der Waals surface area contributed by atoms with E-state index < -0.39 is 10.9 Å². The van der Waals surface area contributed by atoms with Crippen molar-refractivity contribution in [3.8, 4) is 5.88 Å². The summed E-state index contributed by atoms with van der Waals surface area (Å²) in [5.74, 6) is 0.227. The second-order valence-corrected chi connectivity index (χ2v) is 7.75. The molecule has 142 valence electrons. The molecule has 8 nitrogen and oxygen atoms in total. The van der Waals surface area contributed by atoms with Gasteiger partial charge in [-0.25, -0.2) is 18.4 Å². The lowest BCUT2D eigenvalue weighted by Crippen LogP contribution is -2.16. The van der Waals surface area contributed by atoms with Crippen molar-refractivity contribution < 1.29 is 13.5 Å². The third-order valence-corrected chi connectivity index (χ3v) is 4.98. The molecular weight excluding hydrogens is 386 g/mol. The molecule has 0 aliphatic carbocycles. The molecule has 27 heavy (non-hydrogen) atoms. The van der Waals surface area contributed by atoms with Crippen LogP contribution in [0.25, 0.3) is 0 Å². The van der Waals surface area contributed by atoms with Crippen LogP contribution >= 0.6 is 11.3 Å². The molecule has 10 heteroatoms. The maximum Gasteiger partial charge on any atom is 0.226 e. The number of rotatable bonds is 7. The summed E-state index contributed by atoms with van der Waals surface area (Å²) in [6.45, 7) is 3.71. The van der Waals surface area contributed by atoms with Crippen LogP contribution in [0.2, 0.25) is 0 Å². The van der Waals surface area contributed by atoms with Gasteiger partial charge < -0.3 is 10.4 Å². The van der Waals surface area contributed by atoms with Crippen LogP contribution in [0.1, 0.15) is 28.0 Å². The van der Waals surface area contributed by atoms with E-state index >= 15 is 0 Å². The number of nitrogens with one attached hydrogen (secondary N) is 2. The maximum absolute atomic E-state index is 10.8. The number of aromatic hydroxyl groups is 1. The van der Waals surface area contributed by atoms with Crippen LogP contribution in [0.3, 0.4) is 0 Å². The molecule has 1 aromatic carbocycles. The van der Waals surface area contributed by atoms with Crippen molar-refractivity contribution in [2.24, 2.45) is 0 Å². The largest absolute Gasteiger partial charge is 0.493 e. The molecule has 3 N–H and O–H groups in total. The van der Waals surface area contributed by atoms with Crippen LogP contribution < -0.4 is 10.0 Å². The minimum absolute atomic E-state index is 0.0969. The third kappa shape index (κ3) is 5.38. The molecule has 1 atom stereocenters. The number of anilines is 2. The van der Waals surface area contributed by atoms with Crippen molar-refractivity contribution >= 4 is 33.9 Å². The first-order chi connectivity index (χ1) is 12.9. The number of benzene rings is 1. The van der Waals surface area contributed by atoms with Crippen molar-refractivity contribution in [3.05, 3.63) is 57.7 Å². The number of thiazole rings is 1. The Hall–Kier alpha value is -2.72. The molecule has 0 fully saturated rings. The van der Waals surface area contributed by atoms with Gasteiger partial charge >= 0.3 is 0 Å². The highest BCUT2D eigenvalue weighted by Crippen LogP contribution is 2.25. The van der Waals surface area contributed by atoms with Crippen LogP contribution in [0.4, 0.5) is 11.6 Å². The van der Waals surface area contributed by atoms with Crippen LogP contribution in [-0.2, 0) is 17.3 Å². The average molecular weight is 406 g/mol. The summed E-state index contributed by atoms with van der Waals surface area (Å²) in [6.07, 6.45) is 0.588. The van der Waals surface area contributed by atoms with E-state index in [-0.39, 0.29) is 11.9 Å². The fourth-order valence-corrected chi connectivity index (χ4v) is 3.62. The molecule has 0 aliphatic heterocycles. The topological polar surface area (TPSA) is 117 Å². The Morgan fingerprint density at radius 3 is 2.48 bits per heavy atom. The number of hydrogen-bond acceptors (Lipinski definition) is 8. The first-order valence-electron chi connectivity index (χ1n) is 8.12. The molecule has 0 spiro atoms. The standard InChI is InChI=1S/C17H19N5O3S2/c1-10-7-16(23)21-17(18-10)20-14(15-9-26-11(2)19-15)8-12-3-5-13(6-4-12)22-27(24)25/h3-7,9,14,27H,8H2,1-2H3,(H,22,24,25)(H2,18,20,21,23)/t14-/m0/s1. The van der Waals surface area contributed by atoms with Crippen LogP contribution in [-0.4, -0.2) is 28.5 Å². The second kappa shape index (κ2) is 8.31. The Kier molecular flexibility index (Phi) is 5.87. The first-order valence-corrected chi connectivity index (χ1v) is 10.2. The number of aromatic nitrogens is 3. The number of nitrogens with zero attached hydrogens (tertiary/aromatic N) is 3. The summed E-state index contributed by atoms with van der Waals surface area (Å²) in [5.41, 5.74) is 3.00. The highest BCUT2D eigenvalue weighted by atomic mass is 32.2. The van der Waals surface area contributed by atoms with E-state index in [0.717, 1.165) is 16.3 Å². The zero-order chi connectivity index (χ0) is 19.4. The van der Waals surface area contributed by atoms with Crippen molar-refractivity contribution in [3.63, 3.8) is 0 Å². The van der Waals surface area contributed by atoms with Gasteiger partial charge in [0, 0.05) is 22.8 Å². The molecule has 0 radical (unpaired) electrons. The quantitative estimate of drug-likeness (QED) is 0.446. The van der Waals surface area contributed by atoms with Gasteiger partial charge in [0.05, 0.1) is 16.7 Å².